The Hall–Kier alpha value is -0.860. The average molecular weight is 268 g/mol. The second-order valence-corrected chi connectivity index (χ2v) is 6.15. The Labute approximate surface area is 117 Å². The van der Waals surface area contributed by atoms with E-state index in [-0.39, 0.29) is 17.8 Å². The molecule has 0 radical (unpaired) electrons. The minimum atomic E-state index is -0.131. The van der Waals surface area contributed by atoms with Crippen LogP contribution in [0.15, 0.2) is 0 Å². The number of hydrogen-bond donors (Lipinski definition) is 0. The first-order valence-electron chi connectivity index (χ1n) is 7.72. The van der Waals surface area contributed by atoms with Gasteiger partial charge in [0.1, 0.15) is 5.78 Å². The highest BCUT2D eigenvalue weighted by molar-refractivity contribution is 5.84. The van der Waals surface area contributed by atoms with Crippen LogP contribution in [-0.4, -0.2) is 18.4 Å². The molecule has 1 aliphatic carbocycles. The molecule has 0 bridgehead atoms. The second kappa shape index (κ2) is 8.34. The van der Waals surface area contributed by atoms with Gasteiger partial charge >= 0.3 is 5.97 Å². The van der Waals surface area contributed by atoms with Crippen molar-refractivity contribution in [1.29, 1.82) is 0 Å². The summed E-state index contributed by atoms with van der Waals surface area (Å²) < 4.78 is 5.22. The fourth-order valence-electron chi connectivity index (χ4n) is 2.77. The average Bonchev–Trinajstić information content (AvgIpc) is 2.69. The fraction of sp³-hybridized carbons (Fsp3) is 0.875. The van der Waals surface area contributed by atoms with Crippen LogP contribution in [0.4, 0.5) is 0 Å². The highest BCUT2D eigenvalue weighted by Crippen LogP contribution is 2.35. The molecule has 0 aromatic carbocycles. The van der Waals surface area contributed by atoms with Crippen molar-refractivity contribution in [2.45, 2.75) is 65.7 Å². The summed E-state index contributed by atoms with van der Waals surface area (Å²) in [5.41, 5.74) is 0. The van der Waals surface area contributed by atoms with Crippen molar-refractivity contribution in [2.24, 2.45) is 17.8 Å². The van der Waals surface area contributed by atoms with Crippen molar-refractivity contribution in [1.82, 2.24) is 0 Å². The molecule has 3 heteroatoms. The summed E-state index contributed by atoms with van der Waals surface area (Å²) in [7, 11) is 0. The maximum absolute atomic E-state index is 11.9. The lowest BCUT2D eigenvalue weighted by Crippen LogP contribution is -2.20. The SMILES string of the molecule is CCCCCC1C(=O)CCC1CC(=O)OCC(C)C. The molecule has 1 rings (SSSR count). The third-order valence-electron chi connectivity index (χ3n) is 3.87. The van der Waals surface area contributed by atoms with Crippen molar-refractivity contribution >= 4 is 11.8 Å². The van der Waals surface area contributed by atoms with Gasteiger partial charge in [-0.15, -0.1) is 0 Å². The predicted molar refractivity (Wildman–Crippen MR) is 75.8 cm³/mol. The van der Waals surface area contributed by atoms with E-state index in [0.717, 1.165) is 19.3 Å². The molecular weight excluding hydrogens is 240 g/mol. The number of carbonyl (C=O) groups is 2. The molecule has 0 amide bonds. The van der Waals surface area contributed by atoms with E-state index in [0.29, 0.717) is 31.1 Å². The number of unbranched alkanes of at least 4 members (excludes halogenated alkanes) is 2. The van der Waals surface area contributed by atoms with Crippen LogP contribution in [0.1, 0.15) is 65.7 Å². The number of esters is 1. The molecule has 1 fully saturated rings. The maximum Gasteiger partial charge on any atom is 0.306 e. The van der Waals surface area contributed by atoms with Gasteiger partial charge in [0.2, 0.25) is 0 Å². The van der Waals surface area contributed by atoms with Gasteiger partial charge in [-0.05, 0) is 24.7 Å². The van der Waals surface area contributed by atoms with Crippen LogP contribution in [-0.2, 0) is 14.3 Å². The Balaban J connectivity index is 2.37. The molecule has 110 valence electrons. The Morgan fingerprint density at radius 2 is 2.11 bits per heavy atom. The molecule has 0 saturated heterocycles. The summed E-state index contributed by atoms with van der Waals surface area (Å²) >= 11 is 0. The van der Waals surface area contributed by atoms with Crippen molar-refractivity contribution in [3.8, 4) is 0 Å². The van der Waals surface area contributed by atoms with Gasteiger partial charge < -0.3 is 4.74 Å². The number of carbonyl (C=O) groups excluding carboxylic acids is 2. The van der Waals surface area contributed by atoms with Crippen LogP contribution < -0.4 is 0 Å². The van der Waals surface area contributed by atoms with Gasteiger partial charge in [0.15, 0.2) is 0 Å². The number of ketones is 1. The monoisotopic (exact) mass is 268 g/mol. The first kappa shape index (κ1) is 16.2. The maximum atomic E-state index is 11.9. The normalized spacial score (nSPS) is 23.1. The molecule has 0 spiro atoms. The van der Waals surface area contributed by atoms with Gasteiger partial charge in [-0.1, -0.05) is 40.0 Å². The third-order valence-corrected chi connectivity index (χ3v) is 3.87. The molecule has 1 saturated carbocycles. The molecule has 0 aromatic rings. The van der Waals surface area contributed by atoms with Crippen LogP contribution in [0.5, 0.6) is 0 Å². The molecule has 0 aliphatic heterocycles. The van der Waals surface area contributed by atoms with Crippen molar-refractivity contribution in [2.75, 3.05) is 6.61 Å². The Kier molecular flexibility index (Phi) is 7.11. The predicted octanol–water partition coefficient (Wildman–Crippen LogP) is 3.75. The summed E-state index contributed by atoms with van der Waals surface area (Å²) in [6.07, 6.45) is 6.34. The van der Waals surface area contributed by atoms with Gasteiger partial charge in [0.05, 0.1) is 6.61 Å². The van der Waals surface area contributed by atoms with E-state index < -0.39 is 0 Å². The Morgan fingerprint density at radius 3 is 2.74 bits per heavy atom. The third kappa shape index (κ3) is 5.75. The summed E-state index contributed by atoms with van der Waals surface area (Å²) in [5.74, 6) is 0.934. The van der Waals surface area contributed by atoms with Crippen LogP contribution in [0.3, 0.4) is 0 Å². The van der Waals surface area contributed by atoms with Crippen molar-refractivity contribution in [3.63, 3.8) is 0 Å². The number of Topliss-reactive ketones (excluding diaryl/α,β-unsaturated/α-hetero) is 1. The Morgan fingerprint density at radius 1 is 1.37 bits per heavy atom. The summed E-state index contributed by atoms with van der Waals surface area (Å²) in [6.45, 7) is 6.71. The molecule has 0 N–H and O–H groups in total. The fourth-order valence-corrected chi connectivity index (χ4v) is 2.77. The number of rotatable bonds is 8. The van der Waals surface area contributed by atoms with E-state index in [1.165, 1.54) is 12.8 Å². The highest BCUT2D eigenvalue weighted by Gasteiger charge is 2.35. The molecule has 0 heterocycles. The zero-order valence-electron chi connectivity index (χ0n) is 12.6. The smallest absolute Gasteiger partial charge is 0.306 e. The van der Waals surface area contributed by atoms with E-state index in [2.05, 4.69) is 6.92 Å². The van der Waals surface area contributed by atoms with Crippen LogP contribution in [0.2, 0.25) is 0 Å². The van der Waals surface area contributed by atoms with Crippen molar-refractivity contribution < 1.29 is 14.3 Å². The molecule has 2 unspecified atom stereocenters. The molecule has 2 atom stereocenters. The lowest BCUT2D eigenvalue weighted by molar-refractivity contribution is -0.146. The standard InChI is InChI=1S/C16H28O3/c1-4-5-6-7-14-13(8-9-15(14)17)10-16(18)19-11-12(2)3/h12-14H,4-11H2,1-3H3. The van der Waals surface area contributed by atoms with E-state index in [1.807, 2.05) is 13.8 Å². The largest absolute Gasteiger partial charge is 0.465 e. The van der Waals surface area contributed by atoms with Gasteiger partial charge in [-0.25, -0.2) is 0 Å². The zero-order chi connectivity index (χ0) is 14.3. The lowest BCUT2D eigenvalue weighted by atomic mass is 9.88. The Bertz CT molecular complexity index is 296. The van der Waals surface area contributed by atoms with Crippen LogP contribution in [0.25, 0.3) is 0 Å². The van der Waals surface area contributed by atoms with E-state index >= 15 is 0 Å². The van der Waals surface area contributed by atoms with Gasteiger partial charge in [-0.3, -0.25) is 9.59 Å². The molecule has 19 heavy (non-hydrogen) atoms. The van der Waals surface area contributed by atoms with E-state index in [9.17, 15) is 9.59 Å². The highest BCUT2D eigenvalue weighted by atomic mass is 16.5. The first-order valence-corrected chi connectivity index (χ1v) is 7.72. The minimum Gasteiger partial charge on any atom is -0.465 e. The van der Waals surface area contributed by atoms with Crippen LogP contribution >= 0.6 is 0 Å². The summed E-state index contributed by atoms with van der Waals surface area (Å²) in [4.78, 5) is 23.6. The first-order chi connectivity index (χ1) is 9.04. The molecule has 3 nitrogen and oxygen atoms in total. The van der Waals surface area contributed by atoms with Gasteiger partial charge in [-0.2, -0.15) is 0 Å². The minimum absolute atomic E-state index is 0.109. The summed E-state index contributed by atoms with van der Waals surface area (Å²) in [6, 6.07) is 0. The quantitative estimate of drug-likeness (QED) is 0.497. The number of hydrogen-bond acceptors (Lipinski definition) is 3. The molecule has 1 aliphatic rings. The molecular formula is C16H28O3. The second-order valence-electron chi connectivity index (χ2n) is 6.15. The zero-order valence-corrected chi connectivity index (χ0v) is 12.6. The summed E-state index contributed by atoms with van der Waals surface area (Å²) in [5, 5.41) is 0. The number of ether oxygens (including phenoxy) is 1. The lowest BCUT2D eigenvalue weighted by Gasteiger charge is -2.17. The van der Waals surface area contributed by atoms with Crippen LogP contribution in [0, 0.1) is 17.8 Å². The van der Waals surface area contributed by atoms with E-state index in [4.69, 9.17) is 4.74 Å². The molecule has 0 aromatic heterocycles. The van der Waals surface area contributed by atoms with E-state index in [1.54, 1.807) is 0 Å². The van der Waals surface area contributed by atoms with Gasteiger partial charge in [0, 0.05) is 18.8 Å². The topological polar surface area (TPSA) is 43.4 Å². The van der Waals surface area contributed by atoms with Crippen molar-refractivity contribution in [3.05, 3.63) is 0 Å². The van der Waals surface area contributed by atoms with Gasteiger partial charge in [0.25, 0.3) is 0 Å².